The third kappa shape index (κ3) is 3.47. The molecule has 0 aliphatic rings. The van der Waals surface area contributed by atoms with Gasteiger partial charge in [0.05, 0.1) is 21.2 Å². The summed E-state index contributed by atoms with van der Waals surface area (Å²) >= 11 is 9.01. The highest BCUT2D eigenvalue weighted by Gasteiger charge is 2.17. The molecule has 0 aliphatic carbocycles. The van der Waals surface area contributed by atoms with Crippen molar-refractivity contribution >= 4 is 48.9 Å². The molecule has 2 aromatic rings. The monoisotopic (exact) mass is 385 g/mol. The molecule has 0 aromatic heterocycles. The molecule has 5 nitrogen and oxygen atoms in total. The maximum absolute atomic E-state index is 12.3. The molecule has 2 aromatic carbocycles. The Morgan fingerprint density at radius 1 is 1.24 bits per heavy atom. The van der Waals surface area contributed by atoms with Gasteiger partial charge in [-0.05, 0) is 52.3 Å². The number of nitrogens with one attached hydrogen (secondary N) is 1. The van der Waals surface area contributed by atoms with Crippen LogP contribution in [-0.2, 0) is 10.0 Å². The van der Waals surface area contributed by atoms with E-state index in [9.17, 15) is 8.42 Å². The van der Waals surface area contributed by atoms with Crippen molar-refractivity contribution in [2.45, 2.75) is 4.90 Å². The summed E-state index contributed by atoms with van der Waals surface area (Å²) in [6.07, 6.45) is 0. The third-order valence-electron chi connectivity index (χ3n) is 2.61. The minimum atomic E-state index is -3.83. The molecule has 0 unspecified atom stereocenters. The van der Waals surface area contributed by atoms with Crippen LogP contribution in [0.5, 0.6) is 0 Å². The topological polar surface area (TPSA) is 96.0 Å². The van der Waals surface area contributed by atoms with Crippen molar-refractivity contribution in [1.82, 2.24) is 0 Å². The Balaban J connectivity index is 2.42. The minimum absolute atomic E-state index is 0.0273. The summed E-state index contributed by atoms with van der Waals surface area (Å²) in [4.78, 5) is 0.0273. The van der Waals surface area contributed by atoms with Gasteiger partial charge in [-0.25, -0.2) is 8.42 Å². The van der Waals surface area contributed by atoms with Crippen molar-refractivity contribution in [2.24, 2.45) is 0 Å². The Labute approximate surface area is 135 Å². The zero-order valence-corrected chi connectivity index (χ0v) is 13.6. The number of hydrogen-bond donors (Lipinski definition) is 2. The molecule has 0 aliphatic heterocycles. The average molecular weight is 387 g/mol. The fraction of sp³-hybridized carbons (Fsp3) is 0. The van der Waals surface area contributed by atoms with E-state index in [1.54, 1.807) is 0 Å². The average Bonchev–Trinajstić information content (AvgIpc) is 2.43. The number of nitrogens with zero attached hydrogens (tertiary/aromatic N) is 1. The Kier molecular flexibility index (Phi) is 4.42. The molecule has 0 atom stereocenters. The first kappa shape index (κ1) is 15.6. The third-order valence-corrected chi connectivity index (χ3v) is 5.19. The Hall–Kier alpha value is -1.75. The highest BCUT2D eigenvalue weighted by Crippen LogP contribution is 2.27. The van der Waals surface area contributed by atoms with Gasteiger partial charge in [-0.15, -0.1) is 0 Å². The van der Waals surface area contributed by atoms with E-state index in [0.717, 1.165) is 0 Å². The van der Waals surface area contributed by atoms with Crippen molar-refractivity contribution in [1.29, 1.82) is 5.26 Å². The van der Waals surface area contributed by atoms with Crippen LogP contribution in [0.2, 0.25) is 5.02 Å². The van der Waals surface area contributed by atoms with Crippen LogP contribution < -0.4 is 10.5 Å². The first-order valence-corrected chi connectivity index (χ1v) is 8.26. The number of halogens is 2. The molecule has 0 fully saturated rings. The number of sulfonamides is 1. The van der Waals surface area contributed by atoms with Crippen LogP contribution in [-0.4, -0.2) is 8.42 Å². The van der Waals surface area contributed by atoms with Gasteiger partial charge >= 0.3 is 0 Å². The number of anilines is 2. The van der Waals surface area contributed by atoms with E-state index >= 15 is 0 Å². The highest BCUT2D eigenvalue weighted by molar-refractivity contribution is 9.10. The van der Waals surface area contributed by atoms with Gasteiger partial charge in [0, 0.05) is 10.2 Å². The second kappa shape index (κ2) is 5.93. The Morgan fingerprint density at radius 3 is 2.57 bits per heavy atom. The summed E-state index contributed by atoms with van der Waals surface area (Å²) in [6, 6.07) is 10.5. The van der Waals surface area contributed by atoms with E-state index in [2.05, 4.69) is 20.7 Å². The van der Waals surface area contributed by atoms with Crippen LogP contribution >= 0.6 is 27.5 Å². The molecule has 21 heavy (non-hydrogen) atoms. The Morgan fingerprint density at radius 2 is 1.95 bits per heavy atom. The molecule has 3 N–H and O–H groups in total. The van der Waals surface area contributed by atoms with Crippen molar-refractivity contribution in [2.75, 3.05) is 10.5 Å². The van der Waals surface area contributed by atoms with Gasteiger partial charge in [-0.3, -0.25) is 4.72 Å². The summed E-state index contributed by atoms with van der Waals surface area (Å²) < 4.78 is 27.4. The van der Waals surface area contributed by atoms with Gasteiger partial charge < -0.3 is 5.73 Å². The summed E-state index contributed by atoms with van der Waals surface area (Å²) in [5.74, 6) is 0. The number of nitriles is 1. The van der Waals surface area contributed by atoms with Crippen LogP contribution in [0.25, 0.3) is 0 Å². The number of rotatable bonds is 3. The molecule has 0 heterocycles. The molecule has 0 saturated heterocycles. The molecule has 0 amide bonds. The lowest BCUT2D eigenvalue weighted by atomic mass is 10.2. The van der Waals surface area contributed by atoms with E-state index in [-0.39, 0.29) is 16.1 Å². The van der Waals surface area contributed by atoms with Crippen molar-refractivity contribution in [3.05, 3.63) is 51.5 Å². The summed E-state index contributed by atoms with van der Waals surface area (Å²) in [7, 11) is -3.83. The molecular formula is C13H9BrClN3O2S. The van der Waals surface area contributed by atoms with Crippen molar-refractivity contribution in [3.63, 3.8) is 0 Å². The fourth-order valence-corrected chi connectivity index (χ4v) is 3.34. The van der Waals surface area contributed by atoms with E-state index < -0.39 is 10.0 Å². The van der Waals surface area contributed by atoms with Crippen LogP contribution in [0.15, 0.2) is 45.8 Å². The molecule has 108 valence electrons. The summed E-state index contributed by atoms with van der Waals surface area (Å²) in [6.45, 7) is 0. The second-order valence-electron chi connectivity index (χ2n) is 4.10. The number of benzene rings is 2. The minimum Gasteiger partial charge on any atom is -0.399 e. The maximum atomic E-state index is 12.3. The van der Waals surface area contributed by atoms with Crippen LogP contribution in [0.3, 0.4) is 0 Å². The molecular weight excluding hydrogens is 378 g/mol. The van der Waals surface area contributed by atoms with Crippen LogP contribution in [0.4, 0.5) is 11.4 Å². The SMILES string of the molecule is N#Cc1cc(N)ccc1NS(=O)(=O)c1ccc(Cl)c(Br)c1. The van der Waals surface area contributed by atoms with E-state index in [1.807, 2.05) is 6.07 Å². The predicted octanol–water partition coefficient (Wildman–Crippen LogP) is 3.36. The fourth-order valence-electron chi connectivity index (χ4n) is 1.59. The van der Waals surface area contributed by atoms with E-state index in [0.29, 0.717) is 15.2 Å². The standard InChI is InChI=1S/C13H9BrClN3O2S/c14-11-6-10(2-3-12(11)15)21(19,20)18-13-4-1-9(17)5-8(13)7-16/h1-6,18H,17H2. The van der Waals surface area contributed by atoms with Gasteiger partial charge in [-0.1, -0.05) is 11.6 Å². The Bertz CT molecular complexity index is 847. The molecule has 0 saturated carbocycles. The molecule has 0 bridgehead atoms. The smallest absolute Gasteiger partial charge is 0.261 e. The first-order valence-electron chi connectivity index (χ1n) is 5.61. The van der Waals surface area contributed by atoms with E-state index in [4.69, 9.17) is 22.6 Å². The lowest BCUT2D eigenvalue weighted by Gasteiger charge is -2.10. The highest BCUT2D eigenvalue weighted by atomic mass is 79.9. The van der Waals surface area contributed by atoms with Gasteiger partial charge in [-0.2, -0.15) is 5.26 Å². The quantitative estimate of drug-likeness (QED) is 0.791. The lowest BCUT2D eigenvalue weighted by molar-refractivity contribution is 0.601. The zero-order valence-electron chi connectivity index (χ0n) is 10.5. The number of hydrogen-bond acceptors (Lipinski definition) is 4. The van der Waals surface area contributed by atoms with Crippen molar-refractivity contribution in [3.8, 4) is 6.07 Å². The number of nitrogen functional groups attached to an aromatic ring is 1. The molecule has 0 radical (unpaired) electrons. The van der Waals surface area contributed by atoms with Gasteiger partial charge in [0.2, 0.25) is 0 Å². The van der Waals surface area contributed by atoms with Gasteiger partial charge in [0.25, 0.3) is 10.0 Å². The second-order valence-corrected chi connectivity index (χ2v) is 7.04. The molecule has 0 spiro atoms. The normalized spacial score (nSPS) is 10.9. The summed E-state index contributed by atoms with van der Waals surface area (Å²) in [5.41, 5.74) is 6.25. The number of nitrogens with two attached hydrogens (primary N) is 1. The van der Waals surface area contributed by atoms with Crippen LogP contribution in [0.1, 0.15) is 5.56 Å². The molecule has 2 rings (SSSR count). The summed E-state index contributed by atoms with van der Waals surface area (Å²) in [5, 5.41) is 9.43. The maximum Gasteiger partial charge on any atom is 0.261 e. The lowest BCUT2D eigenvalue weighted by Crippen LogP contribution is -2.14. The van der Waals surface area contributed by atoms with Crippen molar-refractivity contribution < 1.29 is 8.42 Å². The van der Waals surface area contributed by atoms with Gasteiger partial charge in [0.1, 0.15) is 6.07 Å². The van der Waals surface area contributed by atoms with Gasteiger partial charge in [0.15, 0.2) is 0 Å². The predicted molar refractivity (Wildman–Crippen MR) is 85.5 cm³/mol. The molecule has 8 heteroatoms. The largest absolute Gasteiger partial charge is 0.399 e. The first-order chi connectivity index (χ1) is 9.83. The zero-order chi connectivity index (χ0) is 15.6. The van der Waals surface area contributed by atoms with Crippen LogP contribution in [0, 0.1) is 11.3 Å². The van der Waals surface area contributed by atoms with E-state index in [1.165, 1.54) is 36.4 Å².